The Kier molecular flexibility index (Phi) is 4.82. The molecule has 1 fully saturated rings. The summed E-state index contributed by atoms with van der Waals surface area (Å²) in [6.45, 7) is 1.87. The van der Waals surface area contributed by atoms with Crippen molar-refractivity contribution in [3.05, 3.63) is 48.4 Å². The molecule has 158 valence electrons. The van der Waals surface area contributed by atoms with Crippen molar-refractivity contribution in [3.63, 3.8) is 0 Å². The van der Waals surface area contributed by atoms with E-state index >= 15 is 0 Å². The summed E-state index contributed by atoms with van der Waals surface area (Å²) in [6, 6.07) is 4.00. The zero-order valence-corrected chi connectivity index (χ0v) is 16.3. The van der Waals surface area contributed by atoms with Crippen LogP contribution in [0, 0.1) is 11.6 Å². The lowest BCUT2D eigenvalue weighted by Crippen LogP contribution is -2.31. The maximum Gasteiger partial charge on any atom is 0.209 e. The molecule has 4 aromatic rings. The molecule has 3 N–H and O–H groups in total. The standard InChI is InChI=1S/C19H18F2N10/c20-13-4-1-5-15(16(13)21)31-19(27-28-29-31)17-18(22)24-9-14(26-17)11-7-25-30(10-11)12-3-2-6-23-8-12/h1,4-5,7,9-10,12,23H,2-3,6,8H2,(H2,22,24)/t12-/m1/s1. The van der Waals surface area contributed by atoms with Gasteiger partial charge in [-0.15, -0.1) is 5.10 Å². The average Bonchev–Trinajstić information content (AvgIpc) is 3.47. The van der Waals surface area contributed by atoms with Crippen LogP contribution in [0.25, 0.3) is 28.5 Å². The second-order valence-electron chi connectivity index (χ2n) is 7.19. The molecule has 0 aliphatic carbocycles. The number of aromatic nitrogens is 8. The molecule has 0 spiro atoms. The van der Waals surface area contributed by atoms with Crippen LogP contribution < -0.4 is 11.1 Å². The number of halogens is 2. The Bertz CT molecular complexity index is 1230. The van der Waals surface area contributed by atoms with E-state index in [1.807, 2.05) is 10.9 Å². The third-order valence-electron chi connectivity index (χ3n) is 5.18. The molecule has 0 saturated carbocycles. The van der Waals surface area contributed by atoms with Gasteiger partial charge in [-0.2, -0.15) is 9.78 Å². The monoisotopic (exact) mass is 424 g/mol. The first-order valence-electron chi connectivity index (χ1n) is 9.72. The van der Waals surface area contributed by atoms with Crippen molar-refractivity contribution in [2.75, 3.05) is 18.8 Å². The summed E-state index contributed by atoms with van der Waals surface area (Å²) in [5, 5.41) is 19.1. The van der Waals surface area contributed by atoms with Crippen molar-refractivity contribution in [3.8, 4) is 28.5 Å². The summed E-state index contributed by atoms with van der Waals surface area (Å²) in [5.74, 6) is -2.00. The maximum atomic E-state index is 14.3. The van der Waals surface area contributed by atoms with Crippen LogP contribution in [0.1, 0.15) is 18.9 Å². The first-order valence-corrected chi connectivity index (χ1v) is 9.72. The minimum Gasteiger partial charge on any atom is -0.382 e. The molecule has 0 bridgehead atoms. The second kappa shape index (κ2) is 7.80. The van der Waals surface area contributed by atoms with Crippen LogP contribution in [0.2, 0.25) is 0 Å². The number of nitrogens with zero attached hydrogens (tertiary/aromatic N) is 8. The molecule has 1 saturated heterocycles. The molecule has 1 aliphatic rings. The first-order chi connectivity index (χ1) is 15.1. The molecule has 12 heteroatoms. The maximum absolute atomic E-state index is 14.3. The number of benzene rings is 1. The van der Waals surface area contributed by atoms with Crippen LogP contribution in [0.15, 0.2) is 36.8 Å². The third-order valence-corrected chi connectivity index (χ3v) is 5.18. The number of hydrogen-bond donors (Lipinski definition) is 2. The van der Waals surface area contributed by atoms with Gasteiger partial charge >= 0.3 is 0 Å². The number of nitrogen functional groups attached to an aromatic ring is 1. The van der Waals surface area contributed by atoms with Crippen molar-refractivity contribution in [1.82, 2.24) is 45.3 Å². The van der Waals surface area contributed by atoms with Gasteiger partial charge in [0, 0.05) is 18.3 Å². The summed E-state index contributed by atoms with van der Waals surface area (Å²) in [6.07, 6.45) is 7.26. The fraction of sp³-hybridized carbons (Fsp3) is 0.263. The Balaban J connectivity index is 1.53. The summed E-state index contributed by atoms with van der Waals surface area (Å²) in [7, 11) is 0. The molecule has 3 aromatic heterocycles. The topological polar surface area (TPSA) is 125 Å². The molecule has 1 atom stereocenters. The van der Waals surface area contributed by atoms with E-state index < -0.39 is 11.6 Å². The van der Waals surface area contributed by atoms with Gasteiger partial charge in [-0.05, 0) is 41.9 Å². The fourth-order valence-electron chi connectivity index (χ4n) is 3.58. The third kappa shape index (κ3) is 3.50. The van der Waals surface area contributed by atoms with E-state index in [1.165, 1.54) is 18.3 Å². The normalized spacial score (nSPS) is 16.5. The van der Waals surface area contributed by atoms with Gasteiger partial charge in [0.25, 0.3) is 0 Å². The molecule has 5 rings (SSSR count). The van der Waals surface area contributed by atoms with Crippen molar-refractivity contribution < 1.29 is 8.78 Å². The number of piperidine rings is 1. The fourth-order valence-corrected chi connectivity index (χ4v) is 3.58. The van der Waals surface area contributed by atoms with E-state index in [-0.39, 0.29) is 29.1 Å². The number of hydrogen-bond acceptors (Lipinski definition) is 8. The highest BCUT2D eigenvalue weighted by molar-refractivity contribution is 5.69. The molecule has 31 heavy (non-hydrogen) atoms. The first kappa shape index (κ1) is 19.2. The Morgan fingerprint density at radius 2 is 2.10 bits per heavy atom. The highest BCUT2D eigenvalue weighted by Crippen LogP contribution is 2.27. The average molecular weight is 424 g/mol. The minimum atomic E-state index is -1.08. The highest BCUT2D eigenvalue weighted by atomic mass is 19.2. The molecule has 0 amide bonds. The zero-order chi connectivity index (χ0) is 21.4. The SMILES string of the molecule is Nc1ncc(-c2cnn([C@@H]3CCCNC3)c2)nc1-c1nnnn1-c1cccc(F)c1F. The highest BCUT2D eigenvalue weighted by Gasteiger charge is 2.21. The van der Waals surface area contributed by atoms with E-state index in [2.05, 4.69) is 35.9 Å². The number of nitrogens with one attached hydrogen (secondary N) is 1. The molecular formula is C19H18F2N10. The molecule has 4 heterocycles. The van der Waals surface area contributed by atoms with Gasteiger partial charge in [0.1, 0.15) is 5.69 Å². The Labute approximate surface area is 175 Å². The van der Waals surface area contributed by atoms with Crippen molar-refractivity contribution in [1.29, 1.82) is 0 Å². The number of rotatable bonds is 4. The van der Waals surface area contributed by atoms with Crippen LogP contribution in [-0.2, 0) is 0 Å². The predicted molar refractivity (Wildman–Crippen MR) is 107 cm³/mol. The molecule has 10 nitrogen and oxygen atoms in total. The minimum absolute atomic E-state index is 0.0419. The van der Waals surface area contributed by atoms with Gasteiger partial charge in [0.05, 0.1) is 24.1 Å². The largest absolute Gasteiger partial charge is 0.382 e. The Hall–Kier alpha value is -3.80. The van der Waals surface area contributed by atoms with E-state index in [1.54, 1.807) is 6.20 Å². The van der Waals surface area contributed by atoms with Crippen molar-refractivity contribution >= 4 is 5.82 Å². The van der Waals surface area contributed by atoms with Crippen LogP contribution >= 0.6 is 0 Å². The van der Waals surface area contributed by atoms with Gasteiger partial charge in [0.15, 0.2) is 23.1 Å². The second-order valence-corrected chi connectivity index (χ2v) is 7.19. The van der Waals surface area contributed by atoms with E-state index in [9.17, 15) is 8.78 Å². The van der Waals surface area contributed by atoms with Crippen molar-refractivity contribution in [2.24, 2.45) is 0 Å². The van der Waals surface area contributed by atoms with Crippen LogP contribution in [0.5, 0.6) is 0 Å². The molecule has 1 aromatic carbocycles. The van der Waals surface area contributed by atoms with Gasteiger partial charge in [-0.25, -0.2) is 18.7 Å². The molecule has 0 radical (unpaired) electrons. The van der Waals surface area contributed by atoms with Crippen LogP contribution in [0.3, 0.4) is 0 Å². The lowest BCUT2D eigenvalue weighted by molar-refractivity contribution is 0.347. The lowest BCUT2D eigenvalue weighted by Gasteiger charge is -2.22. The number of anilines is 1. The summed E-state index contributed by atoms with van der Waals surface area (Å²) >= 11 is 0. The van der Waals surface area contributed by atoms with Crippen LogP contribution in [0.4, 0.5) is 14.6 Å². The van der Waals surface area contributed by atoms with E-state index in [0.717, 1.165) is 42.2 Å². The number of nitrogens with two attached hydrogens (primary N) is 1. The smallest absolute Gasteiger partial charge is 0.209 e. The number of tetrazole rings is 1. The van der Waals surface area contributed by atoms with Gasteiger partial charge in [-0.3, -0.25) is 4.68 Å². The van der Waals surface area contributed by atoms with E-state index in [0.29, 0.717) is 5.69 Å². The molecule has 1 aliphatic heterocycles. The lowest BCUT2D eigenvalue weighted by atomic mass is 10.1. The zero-order valence-electron chi connectivity index (χ0n) is 16.3. The quantitative estimate of drug-likeness (QED) is 0.508. The van der Waals surface area contributed by atoms with Gasteiger partial charge in [0.2, 0.25) is 5.82 Å². The van der Waals surface area contributed by atoms with Gasteiger partial charge in [-0.1, -0.05) is 6.07 Å². The van der Waals surface area contributed by atoms with E-state index in [4.69, 9.17) is 5.73 Å². The summed E-state index contributed by atoms with van der Waals surface area (Å²) in [5.41, 5.74) is 7.26. The summed E-state index contributed by atoms with van der Waals surface area (Å²) < 4.78 is 31.0. The van der Waals surface area contributed by atoms with Crippen LogP contribution in [-0.4, -0.2) is 53.0 Å². The Morgan fingerprint density at radius 3 is 2.94 bits per heavy atom. The molecular weight excluding hydrogens is 406 g/mol. The Morgan fingerprint density at radius 1 is 1.19 bits per heavy atom. The van der Waals surface area contributed by atoms with Gasteiger partial charge < -0.3 is 11.1 Å². The predicted octanol–water partition coefficient (Wildman–Crippen LogP) is 1.77. The molecule has 0 unspecified atom stereocenters. The van der Waals surface area contributed by atoms with Crippen molar-refractivity contribution in [2.45, 2.75) is 18.9 Å². The summed E-state index contributed by atoms with van der Waals surface area (Å²) in [4.78, 5) is 8.74.